The lowest BCUT2D eigenvalue weighted by Crippen LogP contribution is -2.62. The maximum Gasteiger partial charge on any atom is 0.334 e. The van der Waals surface area contributed by atoms with Crippen molar-refractivity contribution in [3.8, 4) is 0 Å². The fourth-order valence-corrected chi connectivity index (χ4v) is 2.85. The highest BCUT2D eigenvalue weighted by molar-refractivity contribution is 5.82. The molecule has 1 aliphatic heterocycles. The molecule has 1 aliphatic rings. The number of ether oxygens (including phenoxy) is 7. The van der Waals surface area contributed by atoms with Crippen molar-refractivity contribution in [2.75, 3.05) is 13.2 Å². The van der Waals surface area contributed by atoms with Crippen LogP contribution in [0.5, 0.6) is 0 Å². The van der Waals surface area contributed by atoms with Gasteiger partial charge < -0.3 is 33.2 Å². The average molecular weight is 460 g/mol. The van der Waals surface area contributed by atoms with E-state index in [1.807, 2.05) is 0 Å². The fraction of sp³-hybridized carbons (Fsp3) is 0.650. The summed E-state index contributed by atoms with van der Waals surface area (Å²) in [6.45, 7) is 7.29. The van der Waals surface area contributed by atoms with E-state index in [1.54, 1.807) is 6.92 Å². The van der Waals surface area contributed by atoms with Crippen LogP contribution in [0, 0.1) is 0 Å². The van der Waals surface area contributed by atoms with E-state index < -0.39 is 67.2 Å². The third-order valence-electron chi connectivity index (χ3n) is 3.86. The average Bonchev–Trinajstić information content (AvgIpc) is 2.63. The highest BCUT2D eigenvalue weighted by atomic mass is 16.7. The summed E-state index contributed by atoms with van der Waals surface area (Å²) in [7, 11) is 0. The van der Waals surface area contributed by atoms with Gasteiger partial charge in [0.2, 0.25) is 12.4 Å². The Morgan fingerprint density at radius 3 is 1.75 bits per heavy atom. The third-order valence-corrected chi connectivity index (χ3v) is 3.86. The molecule has 180 valence electrons. The first kappa shape index (κ1) is 26.9. The van der Waals surface area contributed by atoms with Crippen LogP contribution in [-0.4, -0.2) is 73.8 Å². The molecule has 1 heterocycles. The minimum atomic E-state index is -1.42. The van der Waals surface area contributed by atoms with E-state index in [0.29, 0.717) is 0 Å². The zero-order valence-corrected chi connectivity index (χ0v) is 18.8. The van der Waals surface area contributed by atoms with Gasteiger partial charge in [-0.3, -0.25) is 19.2 Å². The second-order valence-electron chi connectivity index (χ2n) is 6.69. The van der Waals surface area contributed by atoms with Gasteiger partial charge in [0.15, 0.2) is 12.2 Å². The van der Waals surface area contributed by atoms with Crippen LogP contribution in [0.3, 0.4) is 0 Å². The molecule has 5 atom stereocenters. The van der Waals surface area contributed by atoms with Gasteiger partial charge in [0.25, 0.3) is 0 Å². The Morgan fingerprint density at radius 2 is 1.25 bits per heavy atom. The zero-order chi connectivity index (χ0) is 24.4. The molecule has 0 aromatic rings. The Balaban J connectivity index is 3.35. The van der Waals surface area contributed by atoms with Crippen LogP contribution in [0.1, 0.15) is 41.5 Å². The van der Waals surface area contributed by atoms with Crippen molar-refractivity contribution in [3.63, 3.8) is 0 Å². The molecular weight excluding hydrogens is 432 g/mol. The van der Waals surface area contributed by atoms with Gasteiger partial charge in [-0.05, 0) is 13.8 Å². The molecule has 32 heavy (non-hydrogen) atoms. The van der Waals surface area contributed by atoms with Crippen molar-refractivity contribution < 1.29 is 57.1 Å². The molecule has 0 radical (unpaired) electrons. The molecule has 0 N–H and O–H groups in total. The molecule has 0 unspecified atom stereocenters. The molecule has 0 aromatic heterocycles. The number of carbonyl (C=O) groups is 5. The smallest absolute Gasteiger partial charge is 0.334 e. The minimum absolute atomic E-state index is 0.0318. The van der Waals surface area contributed by atoms with E-state index >= 15 is 0 Å². The van der Waals surface area contributed by atoms with Gasteiger partial charge in [-0.1, -0.05) is 0 Å². The molecule has 0 bridgehead atoms. The van der Waals surface area contributed by atoms with E-state index in [2.05, 4.69) is 0 Å². The van der Waals surface area contributed by atoms with Crippen molar-refractivity contribution in [1.29, 1.82) is 0 Å². The summed E-state index contributed by atoms with van der Waals surface area (Å²) < 4.78 is 36.9. The summed E-state index contributed by atoms with van der Waals surface area (Å²) in [5, 5.41) is 0. The summed E-state index contributed by atoms with van der Waals surface area (Å²) in [6, 6.07) is 0. The Morgan fingerprint density at radius 1 is 0.719 bits per heavy atom. The first-order valence-corrected chi connectivity index (χ1v) is 9.76. The standard InChI is InChI=1S/C20H28O12/c1-7-26-16(25)8-10(2)28-20-19(31-14(6)24)18(30-13(5)23)17(29-12(4)22)15(32-20)9-27-11(3)21/h8,15,17-20H,7,9H2,1-6H3/b10-8+/t15-,17+,18+,19-,20+/m1/s1. The SMILES string of the molecule is CCOC(=O)/C=C(\C)O[C@H]1O[C@H](COC(C)=O)[C@H](OC(C)=O)[C@H](OC(C)=O)[C@H]1OC(C)=O. The van der Waals surface area contributed by atoms with E-state index in [1.165, 1.54) is 6.92 Å². The van der Waals surface area contributed by atoms with Gasteiger partial charge in [-0.25, -0.2) is 4.79 Å². The molecule has 12 heteroatoms. The Labute approximate surface area is 185 Å². The number of esters is 5. The molecular formula is C20H28O12. The Hall–Kier alpha value is -3.15. The Kier molecular flexibility index (Phi) is 10.6. The maximum absolute atomic E-state index is 11.8. The largest absolute Gasteiger partial charge is 0.465 e. The molecule has 1 saturated heterocycles. The number of carbonyl (C=O) groups excluding carboxylic acids is 5. The lowest BCUT2D eigenvalue weighted by Gasteiger charge is -2.44. The summed E-state index contributed by atoms with van der Waals surface area (Å²) in [5.74, 6) is -3.58. The van der Waals surface area contributed by atoms with E-state index in [0.717, 1.165) is 33.8 Å². The predicted molar refractivity (Wildman–Crippen MR) is 103 cm³/mol. The highest BCUT2D eigenvalue weighted by Crippen LogP contribution is 2.31. The number of rotatable bonds is 9. The second kappa shape index (κ2) is 12.6. The van der Waals surface area contributed by atoms with Crippen LogP contribution in [0.2, 0.25) is 0 Å². The summed E-state index contributed by atoms with van der Waals surface area (Å²) >= 11 is 0. The Bertz CT molecular complexity index is 743. The van der Waals surface area contributed by atoms with Crippen LogP contribution in [0.15, 0.2) is 11.8 Å². The molecule has 1 rings (SSSR count). The molecule has 0 amide bonds. The van der Waals surface area contributed by atoms with E-state index in [4.69, 9.17) is 33.2 Å². The van der Waals surface area contributed by atoms with Gasteiger partial charge in [0.05, 0.1) is 12.7 Å². The summed E-state index contributed by atoms with van der Waals surface area (Å²) in [5.41, 5.74) is 0. The van der Waals surface area contributed by atoms with Gasteiger partial charge in [-0.2, -0.15) is 0 Å². The van der Waals surface area contributed by atoms with Gasteiger partial charge >= 0.3 is 29.8 Å². The van der Waals surface area contributed by atoms with Crippen LogP contribution < -0.4 is 0 Å². The number of hydrogen-bond acceptors (Lipinski definition) is 12. The van der Waals surface area contributed by atoms with Crippen LogP contribution in [-0.2, 0) is 57.1 Å². The summed E-state index contributed by atoms with van der Waals surface area (Å²) in [4.78, 5) is 58.1. The number of allylic oxidation sites excluding steroid dienone is 1. The van der Waals surface area contributed by atoms with Crippen molar-refractivity contribution >= 4 is 29.8 Å². The van der Waals surface area contributed by atoms with Crippen molar-refractivity contribution in [2.45, 2.75) is 72.2 Å². The molecule has 0 aliphatic carbocycles. The summed E-state index contributed by atoms with van der Waals surface area (Å²) in [6.07, 6.45) is -5.58. The lowest BCUT2D eigenvalue weighted by atomic mass is 9.98. The topological polar surface area (TPSA) is 150 Å². The highest BCUT2D eigenvalue weighted by Gasteiger charge is 2.53. The molecule has 12 nitrogen and oxygen atoms in total. The second-order valence-corrected chi connectivity index (χ2v) is 6.69. The van der Waals surface area contributed by atoms with Crippen LogP contribution in [0.25, 0.3) is 0 Å². The quantitative estimate of drug-likeness (QED) is 0.205. The van der Waals surface area contributed by atoms with Crippen LogP contribution in [0.4, 0.5) is 0 Å². The monoisotopic (exact) mass is 460 g/mol. The van der Waals surface area contributed by atoms with Gasteiger partial charge in [0, 0.05) is 27.7 Å². The molecule has 1 fully saturated rings. The molecule has 0 saturated carbocycles. The van der Waals surface area contributed by atoms with Gasteiger partial charge in [0.1, 0.15) is 18.5 Å². The lowest BCUT2D eigenvalue weighted by molar-refractivity contribution is -0.299. The van der Waals surface area contributed by atoms with Crippen LogP contribution >= 0.6 is 0 Å². The first-order valence-electron chi connectivity index (χ1n) is 9.76. The molecule has 0 aromatic carbocycles. The van der Waals surface area contributed by atoms with Gasteiger partial charge in [-0.15, -0.1) is 0 Å². The van der Waals surface area contributed by atoms with Crippen molar-refractivity contribution in [2.24, 2.45) is 0 Å². The number of hydrogen-bond donors (Lipinski definition) is 0. The maximum atomic E-state index is 11.8. The van der Waals surface area contributed by atoms with E-state index in [-0.39, 0.29) is 12.4 Å². The fourth-order valence-electron chi connectivity index (χ4n) is 2.85. The predicted octanol–water partition coefficient (Wildman–Crippen LogP) is 0.553. The zero-order valence-electron chi connectivity index (χ0n) is 18.8. The van der Waals surface area contributed by atoms with Crippen molar-refractivity contribution in [3.05, 3.63) is 11.8 Å². The first-order chi connectivity index (χ1) is 14.9. The normalized spacial score (nSPS) is 25.2. The van der Waals surface area contributed by atoms with E-state index in [9.17, 15) is 24.0 Å². The molecule has 0 spiro atoms. The van der Waals surface area contributed by atoms with Crippen molar-refractivity contribution in [1.82, 2.24) is 0 Å². The third kappa shape index (κ3) is 8.92. The minimum Gasteiger partial charge on any atom is -0.465 e.